The van der Waals surface area contributed by atoms with Crippen molar-refractivity contribution in [1.82, 2.24) is 4.90 Å². The number of hydrogen-bond donors (Lipinski definition) is 0. The molecule has 1 atom stereocenters. The molecule has 0 spiro atoms. The number of carbonyl (C=O) groups excluding carboxylic acids is 2. The zero-order valence-corrected chi connectivity index (χ0v) is 10.9. The second-order valence-electron chi connectivity index (χ2n) is 4.41. The number of para-hydroxylation sites is 1. The summed E-state index contributed by atoms with van der Waals surface area (Å²) in [4.78, 5) is 25.2. The van der Waals surface area contributed by atoms with Crippen LogP contribution >= 0.6 is 0 Å². The summed E-state index contributed by atoms with van der Waals surface area (Å²) >= 11 is 0. The van der Waals surface area contributed by atoms with Gasteiger partial charge in [-0.3, -0.25) is 4.90 Å². The van der Waals surface area contributed by atoms with Crippen LogP contribution in [0.5, 0.6) is 5.75 Å². The molecule has 0 aromatic heterocycles. The molecule has 1 fully saturated rings. The predicted octanol–water partition coefficient (Wildman–Crippen LogP) is 2.21. The van der Waals surface area contributed by atoms with E-state index < -0.39 is 12.1 Å². The van der Waals surface area contributed by atoms with Crippen molar-refractivity contribution in [2.45, 2.75) is 25.3 Å². The summed E-state index contributed by atoms with van der Waals surface area (Å²) in [7, 11) is 1.33. The van der Waals surface area contributed by atoms with Crippen LogP contribution in [0, 0.1) is 0 Å². The van der Waals surface area contributed by atoms with Crippen molar-refractivity contribution in [3.8, 4) is 5.75 Å². The summed E-state index contributed by atoms with van der Waals surface area (Å²) in [6.07, 6.45) is 1.91. The highest BCUT2D eigenvalue weighted by atomic mass is 16.6. The molecule has 0 N–H and O–H groups in total. The fourth-order valence-corrected chi connectivity index (χ4v) is 2.18. The maximum atomic E-state index is 12.1. The van der Waals surface area contributed by atoms with Gasteiger partial charge in [0.25, 0.3) is 0 Å². The second kappa shape index (κ2) is 6.22. The summed E-state index contributed by atoms with van der Waals surface area (Å²) in [5.74, 6) is 0.0893. The van der Waals surface area contributed by atoms with Crippen molar-refractivity contribution >= 4 is 12.1 Å². The first kappa shape index (κ1) is 13.4. The number of benzene rings is 1. The van der Waals surface area contributed by atoms with Gasteiger partial charge in [0.05, 0.1) is 7.11 Å². The molecule has 102 valence electrons. The van der Waals surface area contributed by atoms with Gasteiger partial charge >= 0.3 is 12.1 Å². The highest BCUT2D eigenvalue weighted by Crippen LogP contribution is 2.20. The molecule has 1 heterocycles. The Balaban J connectivity index is 2.05. The van der Waals surface area contributed by atoms with E-state index in [-0.39, 0.29) is 5.97 Å². The lowest BCUT2D eigenvalue weighted by molar-refractivity contribution is -0.147. The Morgan fingerprint density at radius 2 is 1.95 bits per heavy atom. The first-order valence-electron chi connectivity index (χ1n) is 6.33. The molecule has 5 heteroatoms. The molecule has 1 aliphatic rings. The van der Waals surface area contributed by atoms with Gasteiger partial charge in [0.1, 0.15) is 11.8 Å². The van der Waals surface area contributed by atoms with Crippen molar-refractivity contribution in [3.63, 3.8) is 0 Å². The molecular formula is C14H17NO4. The Labute approximate surface area is 112 Å². The number of piperidine rings is 1. The van der Waals surface area contributed by atoms with Gasteiger partial charge in [-0.15, -0.1) is 0 Å². The summed E-state index contributed by atoms with van der Waals surface area (Å²) in [6.45, 7) is 0.519. The summed E-state index contributed by atoms with van der Waals surface area (Å²) in [5, 5.41) is 0. The van der Waals surface area contributed by atoms with Crippen LogP contribution in [0.15, 0.2) is 30.3 Å². The first-order chi connectivity index (χ1) is 9.22. The number of nitrogens with zero attached hydrogens (tertiary/aromatic N) is 1. The Bertz CT molecular complexity index is 446. The highest BCUT2D eigenvalue weighted by molar-refractivity contribution is 5.82. The molecule has 0 aliphatic carbocycles. The number of esters is 1. The van der Waals surface area contributed by atoms with Crippen LogP contribution in [-0.2, 0) is 9.53 Å². The molecule has 0 unspecified atom stereocenters. The number of rotatable bonds is 2. The van der Waals surface area contributed by atoms with Crippen LogP contribution in [0.4, 0.5) is 4.79 Å². The van der Waals surface area contributed by atoms with Gasteiger partial charge in [-0.2, -0.15) is 0 Å². The lowest BCUT2D eigenvalue weighted by atomic mass is 10.0. The van der Waals surface area contributed by atoms with Crippen LogP contribution in [0.3, 0.4) is 0 Å². The van der Waals surface area contributed by atoms with E-state index in [4.69, 9.17) is 9.47 Å². The summed E-state index contributed by atoms with van der Waals surface area (Å²) in [6, 6.07) is 8.29. The van der Waals surface area contributed by atoms with Crippen LogP contribution in [0.25, 0.3) is 0 Å². The van der Waals surface area contributed by atoms with E-state index in [1.165, 1.54) is 12.0 Å². The van der Waals surface area contributed by atoms with E-state index in [9.17, 15) is 9.59 Å². The Morgan fingerprint density at radius 1 is 1.21 bits per heavy atom. The Morgan fingerprint density at radius 3 is 2.63 bits per heavy atom. The minimum atomic E-state index is -0.532. The molecule has 1 aromatic rings. The Hall–Kier alpha value is -2.04. The monoisotopic (exact) mass is 263 g/mol. The van der Waals surface area contributed by atoms with Crippen molar-refractivity contribution in [2.24, 2.45) is 0 Å². The summed E-state index contributed by atoms with van der Waals surface area (Å²) < 4.78 is 9.99. The molecule has 2 rings (SSSR count). The molecule has 5 nitrogen and oxygen atoms in total. The minimum Gasteiger partial charge on any atom is -0.467 e. The van der Waals surface area contributed by atoms with E-state index in [1.807, 2.05) is 6.07 Å². The molecule has 19 heavy (non-hydrogen) atoms. The number of likely N-dealkylation sites (tertiary alicyclic amines) is 1. The van der Waals surface area contributed by atoms with Gasteiger partial charge in [0, 0.05) is 6.54 Å². The number of carbonyl (C=O) groups is 2. The maximum Gasteiger partial charge on any atom is 0.415 e. The largest absolute Gasteiger partial charge is 0.467 e. The lowest BCUT2D eigenvalue weighted by Crippen LogP contribution is -2.49. The average molecular weight is 263 g/mol. The van der Waals surface area contributed by atoms with E-state index >= 15 is 0 Å². The second-order valence-corrected chi connectivity index (χ2v) is 4.41. The fourth-order valence-electron chi connectivity index (χ4n) is 2.18. The third kappa shape index (κ3) is 3.24. The molecular weight excluding hydrogens is 246 g/mol. The number of methoxy groups -OCH3 is 1. The average Bonchev–Trinajstić information content (AvgIpc) is 2.47. The van der Waals surface area contributed by atoms with Gasteiger partial charge in [0.15, 0.2) is 0 Å². The number of hydrogen-bond acceptors (Lipinski definition) is 4. The normalized spacial score (nSPS) is 18.8. The van der Waals surface area contributed by atoms with E-state index in [2.05, 4.69) is 0 Å². The van der Waals surface area contributed by atoms with Crippen molar-refractivity contribution in [1.29, 1.82) is 0 Å². The van der Waals surface area contributed by atoms with E-state index in [0.717, 1.165) is 12.8 Å². The molecule has 0 radical (unpaired) electrons. The van der Waals surface area contributed by atoms with E-state index in [1.54, 1.807) is 24.3 Å². The van der Waals surface area contributed by atoms with Gasteiger partial charge in [-0.1, -0.05) is 18.2 Å². The SMILES string of the molecule is COC(=O)[C@@H]1CCCCN1C(=O)Oc1ccccc1. The predicted molar refractivity (Wildman–Crippen MR) is 68.8 cm³/mol. The van der Waals surface area contributed by atoms with Crippen molar-refractivity contribution in [3.05, 3.63) is 30.3 Å². The van der Waals surface area contributed by atoms with Gasteiger partial charge < -0.3 is 9.47 Å². The maximum absolute atomic E-state index is 12.1. The van der Waals surface area contributed by atoms with E-state index in [0.29, 0.717) is 18.7 Å². The molecule has 1 aliphatic heterocycles. The molecule has 1 aromatic carbocycles. The third-order valence-electron chi connectivity index (χ3n) is 3.16. The van der Waals surface area contributed by atoms with Gasteiger partial charge in [0.2, 0.25) is 0 Å². The molecule has 0 saturated carbocycles. The quantitative estimate of drug-likeness (QED) is 0.768. The third-order valence-corrected chi connectivity index (χ3v) is 3.16. The Kier molecular flexibility index (Phi) is 4.39. The summed E-state index contributed by atoms with van der Waals surface area (Å²) in [5.41, 5.74) is 0. The van der Waals surface area contributed by atoms with Crippen LogP contribution in [-0.4, -0.2) is 36.7 Å². The molecule has 1 saturated heterocycles. The molecule has 1 amide bonds. The van der Waals surface area contributed by atoms with Gasteiger partial charge in [-0.25, -0.2) is 9.59 Å². The van der Waals surface area contributed by atoms with Crippen molar-refractivity contribution in [2.75, 3.05) is 13.7 Å². The smallest absolute Gasteiger partial charge is 0.415 e. The highest BCUT2D eigenvalue weighted by Gasteiger charge is 2.34. The van der Waals surface area contributed by atoms with Crippen LogP contribution < -0.4 is 4.74 Å². The van der Waals surface area contributed by atoms with Gasteiger partial charge in [-0.05, 0) is 31.4 Å². The molecule has 0 bridgehead atoms. The number of amides is 1. The lowest BCUT2D eigenvalue weighted by Gasteiger charge is -2.32. The zero-order chi connectivity index (χ0) is 13.7. The standard InChI is InChI=1S/C14H17NO4/c1-18-13(16)12-9-5-6-10-15(12)14(17)19-11-7-3-2-4-8-11/h2-4,7-8,12H,5-6,9-10H2,1H3/t12-/m0/s1. The topological polar surface area (TPSA) is 55.8 Å². The fraction of sp³-hybridized carbons (Fsp3) is 0.429. The minimum absolute atomic E-state index is 0.385. The van der Waals surface area contributed by atoms with Crippen LogP contribution in [0.2, 0.25) is 0 Å². The van der Waals surface area contributed by atoms with Crippen molar-refractivity contribution < 1.29 is 19.1 Å². The zero-order valence-electron chi connectivity index (χ0n) is 10.9. The first-order valence-corrected chi connectivity index (χ1v) is 6.33. The van der Waals surface area contributed by atoms with Crippen LogP contribution in [0.1, 0.15) is 19.3 Å². The number of ether oxygens (including phenoxy) is 2.